The van der Waals surface area contributed by atoms with Gasteiger partial charge in [0, 0.05) is 4.47 Å². The lowest BCUT2D eigenvalue weighted by Gasteiger charge is -2.13. The van der Waals surface area contributed by atoms with Crippen molar-refractivity contribution in [1.82, 2.24) is 5.32 Å². The van der Waals surface area contributed by atoms with Crippen LogP contribution in [0.1, 0.15) is 6.92 Å². The number of halogens is 1. The van der Waals surface area contributed by atoms with Crippen LogP contribution >= 0.6 is 15.9 Å². The van der Waals surface area contributed by atoms with Crippen LogP contribution in [-0.4, -0.2) is 18.0 Å². The summed E-state index contributed by atoms with van der Waals surface area (Å²) >= 11 is 3.41. The third-order valence-corrected chi connectivity index (χ3v) is 3.20. The highest BCUT2D eigenvalue weighted by atomic mass is 79.9. The smallest absolute Gasteiger partial charge is 0.318 e. The van der Waals surface area contributed by atoms with Gasteiger partial charge in [0.25, 0.3) is 5.91 Å². The van der Waals surface area contributed by atoms with Crippen molar-refractivity contribution in [3.8, 4) is 5.75 Å². The molecule has 0 aromatic heterocycles. The van der Waals surface area contributed by atoms with E-state index in [1.807, 2.05) is 35.6 Å². The van der Waals surface area contributed by atoms with Gasteiger partial charge in [-0.15, -0.1) is 0 Å². The number of primary amides is 1. The predicted molar refractivity (Wildman–Crippen MR) is 79.5 cm³/mol. The number of nitrogens with one attached hydrogen (secondary N) is 1. The zero-order valence-electron chi connectivity index (χ0n) is 10.7. The van der Waals surface area contributed by atoms with Crippen LogP contribution < -0.4 is 15.8 Å². The molecule has 0 radical (unpaired) electrons. The lowest BCUT2D eigenvalue weighted by atomic mass is 10.1. The highest BCUT2D eigenvalue weighted by Crippen LogP contribution is 2.24. The van der Waals surface area contributed by atoms with Gasteiger partial charge in [0.2, 0.25) is 0 Å². The fourth-order valence-corrected chi connectivity index (χ4v) is 2.13. The molecule has 0 aliphatic rings. The molecule has 0 unspecified atom stereocenters. The minimum absolute atomic E-state index is 0.548. The van der Waals surface area contributed by atoms with E-state index in [1.165, 1.54) is 0 Å². The molecule has 3 N–H and O–H groups in total. The van der Waals surface area contributed by atoms with E-state index < -0.39 is 18.0 Å². The second kappa shape index (κ2) is 5.92. The molecular weight excluding hydrogens is 324 g/mol. The highest BCUT2D eigenvalue weighted by molar-refractivity contribution is 9.10. The summed E-state index contributed by atoms with van der Waals surface area (Å²) in [6.07, 6.45) is -0.810. The van der Waals surface area contributed by atoms with E-state index in [-0.39, 0.29) is 0 Å². The number of fused-ring (bicyclic) bond motifs is 1. The number of hydrogen-bond acceptors (Lipinski definition) is 3. The number of carbonyl (C=O) groups is 2. The third-order valence-electron chi connectivity index (χ3n) is 2.70. The molecule has 20 heavy (non-hydrogen) atoms. The van der Waals surface area contributed by atoms with Crippen LogP contribution in [0.25, 0.3) is 10.8 Å². The first-order valence-electron chi connectivity index (χ1n) is 5.92. The van der Waals surface area contributed by atoms with Crippen molar-refractivity contribution in [3.63, 3.8) is 0 Å². The summed E-state index contributed by atoms with van der Waals surface area (Å²) in [5.41, 5.74) is 4.88. The van der Waals surface area contributed by atoms with Gasteiger partial charge in [0.05, 0.1) is 0 Å². The molecule has 2 rings (SSSR count). The molecule has 104 valence electrons. The quantitative estimate of drug-likeness (QED) is 0.903. The topological polar surface area (TPSA) is 81.4 Å². The normalized spacial score (nSPS) is 11.9. The number of hydrogen-bond donors (Lipinski definition) is 2. The van der Waals surface area contributed by atoms with Gasteiger partial charge in [-0.25, -0.2) is 4.79 Å². The molecule has 2 aromatic rings. The summed E-state index contributed by atoms with van der Waals surface area (Å²) in [5.74, 6) is -0.0275. The van der Waals surface area contributed by atoms with Gasteiger partial charge in [-0.3, -0.25) is 10.1 Å². The number of nitrogens with two attached hydrogens (primary N) is 1. The maximum Gasteiger partial charge on any atom is 0.318 e. The first-order valence-corrected chi connectivity index (χ1v) is 6.71. The van der Waals surface area contributed by atoms with Gasteiger partial charge in [-0.1, -0.05) is 28.1 Å². The summed E-state index contributed by atoms with van der Waals surface area (Å²) < 4.78 is 6.48. The number of amides is 3. The van der Waals surface area contributed by atoms with Gasteiger partial charge < -0.3 is 10.5 Å². The van der Waals surface area contributed by atoms with Crippen molar-refractivity contribution in [2.75, 3.05) is 0 Å². The zero-order chi connectivity index (χ0) is 14.7. The summed E-state index contributed by atoms with van der Waals surface area (Å²) in [5, 5.41) is 4.03. The first kappa shape index (κ1) is 14.3. The van der Waals surface area contributed by atoms with E-state index in [0.717, 1.165) is 15.2 Å². The molecule has 3 amide bonds. The Morgan fingerprint density at radius 2 is 1.85 bits per heavy atom. The van der Waals surface area contributed by atoms with Crippen LogP contribution in [0, 0.1) is 0 Å². The van der Waals surface area contributed by atoms with Gasteiger partial charge >= 0.3 is 6.03 Å². The average Bonchev–Trinajstić information content (AvgIpc) is 2.38. The summed E-state index contributed by atoms with van der Waals surface area (Å²) in [6.45, 7) is 1.55. The Labute approximate surface area is 124 Å². The second-order valence-electron chi connectivity index (χ2n) is 4.27. The average molecular weight is 337 g/mol. The molecule has 0 heterocycles. The lowest BCUT2D eigenvalue weighted by molar-refractivity contribution is -0.126. The van der Waals surface area contributed by atoms with Crippen molar-refractivity contribution in [2.24, 2.45) is 5.73 Å². The van der Waals surface area contributed by atoms with Crippen molar-refractivity contribution < 1.29 is 14.3 Å². The Bertz CT molecular complexity index is 673. The minimum Gasteiger partial charge on any atom is -0.481 e. The van der Waals surface area contributed by atoms with Crippen LogP contribution in [-0.2, 0) is 4.79 Å². The van der Waals surface area contributed by atoms with E-state index in [1.54, 1.807) is 13.0 Å². The second-order valence-corrected chi connectivity index (χ2v) is 5.18. The van der Waals surface area contributed by atoms with Crippen LogP contribution in [0.15, 0.2) is 40.9 Å². The molecule has 1 atom stereocenters. The monoisotopic (exact) mass is 336 g/mol. The van der Waals surface area contributed by atoms with Gasteiger partial charge in [-0.2, -0.15) is 0 Å². The standard InChI is InChI=1S/C14H13BrN2O3/c1-8(13(18)17-14(16)19)20-12-5-3-9-6-11(15)4-2-10(9)7-12/h2-8H,1H3,(H3,16,17,18,19)/t8-/m0/s1. The molecule has 0 saturated carbocycles. The zero-order valence-corrected chi connectivity index (χ0v) is 12.3. The van der Waals surface area contributed by atoms with E-state index in [4.69, 9.17) is 10.5 Å². The van der Waals surface area contributed by atoms with E-state index in [2.05, 4.69) is 15.9 Å². The molecule has 0 bridgehead atoms. The Kier molecular flexibility index (Phi) is 4.24. The molecule has 2 aromatic carbocycles. The number of imide groups is 1. The van der Waals surface area contributed by atoms with E-state index in [9.17, 15) is 9.59 Å². The Hall–Kier alpha value is -2.08. The fraction of sp³-hybridized carbons (Fsp3) is 0.143. The van der Waals surface area contributed by atoms with Crippen molar-refractivity contribution in [3.05, 3.63) is 40.9 Å². The van der Waals surface area contributed by atoms with Crippen molar-refractivity contribution >= 4 is 38.6 Å². The third kappa shape index (κ3) is 3.48. The largest absolute Gasteiger partial charge is 0.481 e. The predicted octanol–water partition coefficient (Wildman–Crippen LogP) is 2.56. The molecule has 0 aliphatic carbocycles. The Morgan fingerprint density at radius 1 is 1.20 bits per heavy atom. The maximum absolute atomic E-state index is 11.5. The number of carbonyl (C=O) groups excluding carboxylic acids is 2. The molecule has 0 aliphatic heterocycles. The van der Waals surface area contributed by atoms with Crippen LogP contribution in [0.5, 0.6) is 5.75 Å². The Balaban J connectivity index is 2.15. The van der Waals surface area contributed by atoms with E-state index in [0.29, 0.717) is 5.75 Å². The number of rotatable bonds is 3. The molecule has 0 fully saturated rings. The highest BCUT2D eigenvalue weighted by Gasteiger charge is 2.16. The van der Waals surface area contributed by atoms with Gasteiger partial charge in [0.15, 0.2) is 6.10 Å². The maximum atomic E-state index is 11.5. The molecule has 0 spiro atoms. The summed E-state index contributed by atoms with van der Waals surface area (Å²) in [7, 11) is 0. The fourth-order valence-electron chi connectivity index (χ4n) is 1.75. The number of urea groups is 1. The van der Waals surface area contributed by atoms with Gasteiger partial charge in [0.1, 0.15) is 5.75 Å². The summed E-state index contributed by atoms with van der Waals surface area (Å²) in [6, 6.07) is 10.5. The van der Waals surface area contributed by atoms with Crippen molar-refractivity contribution in [1.29, 1.82) is 0 Å². The molecule has 5 nitrogen and oxygen atoms in total. The van der Waals surface area contributed by atoms with Crippen LogP contribution in [0.4, 0.5) is 4.79 Å². The molecule has 0 saturated heterocycles. The van der Waals surface area contributed by atoms with E-state index >= 15 is 0 Å². The van der Waals surface area contributed by atoms with Crippen molar-refractivity contribution in [2.45, 2.75) is 13.0 Å². The first-order chi connectivity index (χ1) is 9.45. The minimum atomic E-state index is -0.895. The van der Waals surface area contributed by atoms with Crippen LogP contribution in [0.2, 0.25) is 0 Å². The van der Waals surface area contributed by atoms with Gasteiger partial charge in [-0.05, 0) is 42.0 Å². The van der Waals surface area contributed by atoms with Crippen LogP contribution in [0.3, 0.4) is 0 Å². The number of benzene rings is 2. The number of ether oxygens (including phenoxy) is 1. The molecule has 6 heteroatoms. The SMILES string of the molecule is C[C@H](Oc1ccc2cc(Br)ccc2c1)C(=O)NC(N)=O. The molecular formula is C14H13BrN2O3. The lowest BCUT2D eigenvalue weighted by Crippen LogP contribution is -2.42. The summed E-state index contributed by atoms with van der Waals surface area (Å²) in [4.78, 5) is 22.1. The Morgan fingerprint density at radius 3 is 2.55 bits per heavy atom.